The van der Waals surface area contributed by atoms with Crippen molar-refractivity contribution in [3.8, 4) is 11.5 Å². The van der Waals surface area contributed by atoms with Crippen LogP contribution in [0.15, 0.2) is 18.2 Å². The Bertz CT molecular complexity index is 422. The molecule has 0 bridgehead atoms. The van der Waals surface area contributed by atoms with E-state index in [1.807, 2.05) is 0 Å². The van der Waals surface area contributed by atoms with Gasteiger partial charge < -0.3 is 14.9 Å². The van der Waals surface area contributed by atoms with Gasteiger partial charge in [0, 0.05) is 5.56 Å². The van der Waals surface area contributed by atoms with E-state index in [0.29, 0.717) is 11.7 Å². The molecule has 0 aromatic heterocycles. The van der Waals surface area contributed by atoms with Gasteiger partial charge in [-0.1, -0.05) is 19.3 Å². The summed E-state index contributed by atoms with van der Waals surface area (Å²) in [6, 6.07) is 4.96. The molecule has 0 atom stereocenters. The lowest BCUT2D eigenvalue weighted by Crippen LogP contribution is -2.10. The zero-order valence-corrected chi connectivity index (χ0v) is 10.3. The Hall–Kier alpha value is -1.71. The van der Waals surface area contributed by atoms with Crippen LogP contribution in [0.2, 0.25) is 0 Å². The van der Waals surface area contributed by atoms with Crippen molar-refractivity contribution in [1.82, 2.24) is 0 Å². The molecular formula is C14H18O4. The minimum absolute atomic E-state index is 0.282. The molecule has 4 heteroatoms. The van der Waals surface area contributed by atoms with E-state index in [1.165, 1.54) is 19.3 Å². The Morgan fingerprint density at radius 2 is 2.00 bits per heavy atom. The smallest absolute Gasteiger partial charge is 0.341 e. The lowest BCUT2D eigenvalue weighted by molar-refractivity contribution is -0.139. The van der Waals surface area contributed by atoms with Gasteiger partial charge in [0.25, 0.3) is 0 Å². The summed E-state index contributed by atoms with van der Waals surface area (Å²) < 4.78 is 5.14. The average Bonchev–Trinajstić information content (AvgIpc) is 2.38. The highest BCUT2D eigenvalue weighted by atomic mass is 16.5. The molecule has 1 aliphatic carbocycles. The molecule has 0 spiro atoms. The molecule has 98 valence electrons. The van der Waals surface area contributed by atoms with Gasteiger partial charge in [-0.3, -0.25) is 0 Å². The summed E-state index contributed by atoms with van der Waals surface area (Å²) in [5, 5.41) is 18.5. The van der Waals surface area contributed by atoms with Gasteiger partial charge in [-0.25, -0.2) is 4.79 Å². The SMILES string of the molecule is O=C(O)COc1ccc(O)c(C2CCCCC2)c1. The van der Waals surface area contributed by atoms with Gasteiger partial charge in [0.2, 0.25) is 0 Å². The molecule has 0 heterocycles. The monoisotopic (exact) mass is 250 g/mol. The normalized spacial score (nSPS) is 16.4. The van der Waals surface area contributed by atoms with Crippen LogP contribution < -0.4 is 4.74 Å². The van der Waals surface area contributed by atoms with Crippen molar-refractivity contribution in [3.05, 3.63) is 23.8 Å². The van der Waals surface area contributed by atoms with Crippen LogP contribution in [-0.4, -0.2) is 22.8 Å². The number of aromatic hydroxyl groups is 1. The number of rotatable bonds is 4. The van der Waals surface area contributed by atoms with Crippen LogP contribution in [0.5, 0.6) is 11.5 Å². The molecule has 1 aromatic rings. The van der Waals surface area contributed by atoms with Crippen molar-refractivity contribution in [3.63, 3.8) is 0 Å². The second kappa shape index (κ2) is 5.76. The third-order valence-electron chi connectivity index (χ3n) is 3.41. The Morgan fingerprint density at radius 3 is 2.67 bits per heavy atom. The van der Waals surface area contributed by atoms with Gasteiger partial charge in [-0.15, -0.1) is 0 Å². The van der Waals surface area contributed by atoms with Crippen molar-refractivity contribution in [2.24, 2.45) is 0 Å². The molecule has 4 nitrogen and oxygen atoms in total. The number of carboxylic acids is 1. The number of ether oxygens (including phenoxy) is 1. The van der Waals surface area contributed by atoms with Gasteiger partial charge in [-0.2, -0.15) is 0 Å². The van der Waals surface area contributed by atoms with E-state index in [2.05, 4.69) is 0 Å². The molecule has 18 heavy (non-hydrogen) atoms. The van der Waals surface area contributed by atoms with Crippen LogP contribution in [-0.2, 0) is 4.79 Å². The molecule has 2 rings (SSSR count). The summed E-state index contributed by atoms with van der Waals surface area (Å²) in [5.74, 6) is 0.162. The van der Waals surface area contributed by atoms with E-state index in [-0.39, 0.29) is 12.4 Å². The largest absolute Gasteiger partial charge is 0.508 e. The fourth-order valence-electron chi connectivity index (χ4n) is 2.51. The lowest BCUT2D eigenvalue weighted by Gasteiger charge is -2.23. The van der Waals surface area contributed by atoms with Crippen LogP contribution >= 0.6 is 0 Å². The van der Waals surface area contributed by atoms with Gasteiger partial charge >= 0.3 is 5.97 Å². The van der Waals surface area contributed by atoms with Gasteiger partial charge in [0.1, 0.15) is 11.5 Å². The Labute approximate surface area is 106 Å². The maximum absolute atomic E-state index is 10.5. The van der Waals surface area contributed by atoms with E-state index in [9.17, 15) is 9.90 Å². The Morgan fingerprint density at radius 1 is 1.28 bits per heavy atom. The van der Waals surface area contributed by atoms with Crippen molar-refractivity contribution in [1.29, 1.82) is 0 Å². The van der Waals surface area contributed by atoms with Gasteiger partial charge in [0.15, 0.2) is 6.61 Å². The molecule has 1 fully saturated rings. The van der Waals surface area contributed by atoms with Gasteiger partial charge in [0.05, 0.1) is 0 Å². The maximum Gasteiger partial charge on any atom is 0.341 e. The number of carboxylic acid groups (broad SMARTS) is 1. The Kier molecular flexibility index (Phi) is 4.07. The fourth-order valence-corrected chi connectivity index (χ4v) is 2.51. The van der Waals surface area contributed by atoms with E-state index in [4.69, 9.17) is 9.84 Å². The van der Waals surface area contributed by atoms with Crippen LogP contribution in [0.25, 0.3) is 0 Å². The predicted molar refractivity (Wildman–Crippen MR) is 67.1 cm³/mol. The third kappa shape index (κ3) is 3.15. The highest BCUT2D eigenvalue weighted by Gasteiger charge is 2.19. The Balaban J connectivity index is 2.12. The molecular weight excluding hydrogens is 232 g/mol. The van der Waals surface area contributed by atoms with Crippen LogP contribution in [0.4, 0.5) is 0 Å². The highest BCUT2D eigenvalue weighted by molar-refractivity contribution is 5.68. The first-order valence-corrected chi connectivity index (χ1v) is 6.34. The lowest BCUT2D eigenvalue weighted by atomic mass is 9.83. The number of hydrogen-bond acceptors (Lipinski definition) is 3. The minimum atomic E-state index is -0.998. The molecule has 0 aliphatic heterocycles. The number of phenols is 1. The number of benzene rings is 1. The van der Waals surface area contributed by atoms with E-state index in [1.54, 1.807) is 18.2 Å². The molecule has 0 amide bonds. The summed E-state index contributed by atoms with van der Waals surface area (Å²) >= 11 is 0. The quantitative estimate of drug-likeness (QED) is 0.862. The minimum Gasteiger partial charge on any atom is -0.508 e. The number of carbonyl (C=O) groups is 1. The highest BCUT2D eigenvalue weighted by Crippen LogP contribution is 2.38. The zero-order chi connectivity index (χ0) is 13.0. The van der Waals surface area contributed by atoms with Crippen molar-refractivity contribution in [2.45, 2.75) is 38.0 Å². The third-order valence-corrected chi connectivity index (χ3v) is 3.41. The summed E-state index contributed by atoms with van der Waals surface area (Å²) in [4.78, 5) is 10.5. The first kappa shape index (κ1) is 12.7. The zero-order valence-electron chi connectivity index (χ0n) is 10.3. The number of phenolic OH excluding ortho intramolecular Hbond substituents is 1. The molecule has 1 aliphatic rings. The van der Waals surface area contributed by atoms with Crippen molar-refractivity contribution >= 4 is 5.97 Å². The number of hydrogen-bond donors (Lipinski definition) is 2. The van der Waals surface area contributed by atoms with Crippen LogP contribution in [0, 0.1) is 0 Å². The molecule has 2 N–H and O–H groups in total. The summed E-state index contributed by atoms with van der Waals surface area (Å²) in [6.07, 6.45) is 5.78. The molecule has 0 unspecified atom stereocenters. The second-order valence-electron chi connectivity index (χ2n) is 4.74. The van der Waals surface area contributed by atoms with Gasteiger partial charge in [-0.05, 0) is 37.0 Å². The first-order valence-electron chi connectivity index (χ1n) is 6.34. The topological polar surface area (TPSA) is 66.8 Å². The summed E-state index contributed by atoms with van der Waals surface area (Å²) in [6.45, 7) is -0.352. The van der Waals surface area contributed by atoms with Crippen LogP contribution in [0.3, 0.4) is 0 Å². The van der Waals surface area contributed by atoms with Crippen molar-refractivity contribution in [2.75, 3.05) is 6.61 Å². The van der Waals surface area contributed by atoms with E-state index < -0.39 is 5.97 Å². The standard InChI is InChI=1S/C14H18O4/c15-13-7-6-11(18-9-14(16)17)8-12(13)10-4-2-1-3-5-10/h6-8,10,15H,1-5,9H2,(H,16,17). The summed E-state index contributed by atoms with van der Waals surface area (Å²) in [7, 11) is 0. The molecule has 1 saturated carbocycles. The van der Waals surface area contributed by atoms with Crippen LogP contribution in [0.1, 0.15) is 43.6 Å². The first-order chi connectivity index (χ1) is 8.66. The summed E-state index contributed by atoms with van der Waals surface area (Å²) in [5.41, 5.74) is 0.887. The van der Waals surface area contributed by atoms with E-state index in [0.717, 1.165) is 18.4 Å². The molecule has 0 saturated heterocycles. The predicted octanol–water partition coefficient (Wildman–Crippen LogP) is 2.90. The maximum atomic E-state index is 10.5. The molecule has 0 radical (unpaired) electrons. The fraction of sp³-hybridized carbons (Fsp3) is 0.500. The number of aliphatic carboxylic acids is 1. The van der Waals surface area contributed by atoms with Crippen molar-refractivity contribution < 1.29 is 19.7 Å². The average molecular weight is 250 g/mol. The molecule has 1 aromatic carbocycles. The second-order valence-corrected chi connectivity index (χ2v) is 4.74. The van der Waals surface area contributed by atoms with E-state index >= 15 is 0 Å².